The highest BCUT2D eigenvalue weighted by Crippen LogP contribution is 2.24. The third kappa shape index (κ3) is 2.99. The van der Waals surface area contributed by atoms with E-state index < -0.39 is 5.60 Å². The van der Waals surface area contributed by atoms with E-state index in [2.05, 4.69) is 6.92 Å². The minimum atomic E-state index is -0.681. The van der Waals surface area contributed by atoms with Crippen molar-refractivity contribution < 1.29 is 9.53 Å². The van der Waals surface area contributed by atoms with Crippen LogP contribution >= 0.6 is 0 Å². The van der Waals surface area contributed by atoms with Crippen molar-refractivity contribution in [1.82, 2.24) is 4.90 Å². The predicted octanol–water partition coefficient (Wildman–Crippen LogP) is 1.39. The van der Waals surface area contributed by atoms with E-state index in [-0.39, 0.29) is 11.9 Å². The summed E-state index contributed by atoms with van der Waals surface area (Å²) < 4.78 is 5.38. The van der Waals surface area contributed by atoms with Gasteiger partial charge >= 0.3 is 0 Å². The van der Waals surface area contributed by atoms with Crippen LogP contribution in [-0.4, -0.2) is 42.6 Å². The van der Waals surface area contributed by atoms with Crippen molar-refractivity contribution >= 4 is 5.91 Å². The van der Waals surface area contributed by atoms with Crippen molar-refractivity contribution in [3.8, 4) is 0 Å². The molecule has 4 heteroatoms. The molecule has 0 aromatic carbocycles. The number of hydrogen-bond donors (Lipinski definition) is 1. The largest absolute Gasteiger partial charge is 0.369 e. The fraction of sp³-hybridized carbons (Fsp3) is 0.923. The highest BCUT2D eigenvalue weighted by molar-refractivity contribution is 5.85. The van der Waals surface area contributed by atoms with E-state index in [9.17, 15) is 4.79 Å². The topological polar surface area (TPSA) is 55.6 Å². The number of carbonyl (C=O) groups is 1. The highest BCUT2D eigenvalue weighted by atomic mass is 16.5. The Morgan fingerprint density at radius 2 is 2.18 bits per heavy atom. The zero-order valence-corrected chi connectivity index (χ0v) is 11.5. The van der Waals surface area contributed by atoms with E-state index >= 15 is 0 Å². The molecule has 1 aliphatic heterocycles. The summed E-state index contributed by atoms with van der Waals surface area (Å²) >= 11 is 0. The lowest BCUT2D eigenvalue weighted by molar-refractivity contribution is -0.155. The zero-order valence-electron chi connectivity index (χ0n) is 11.5. The molecule has 0 aliphatic carbocycles. The van der Waals surface area contributed by atoms with Crippen LogP contribution in [0.25, 0.3) is 0 Å². The molecule has 1 rings (SSSR count). The fourth-order valence-corrected chi connectivity index (χ4v) is 2.38. The van der Waals surface area contributed by atoms with Crippen LogP contribution in [0.15, 0.2) is 0 Å². The number of carbonyl (C=O) groups excluding carboxylic acids is 1. The maximum absolute atomic E-state index is 12.4. The van der Waals surface area contributed by atoms with Gasteiger partial charge in [0.25, 0.3) is 5.91 Å². The molecule has 4 nitrogen and oxygen atoms in total. The molecule has 0 radical (unpaired) electrons. The first-order valence-corrected chi connectivity index (χ1v) is 6.58. The molecule has 1 saturated heterocycles. The summed E-state index contributed by atoms with van der Waals surface area (Å²) in [6, 6.07) is 0.236. The Morgan fingerprint density at radius 3 is 2.65 bits per heavy atom. The molecule has 3 unspecified atom stereocenters. The molecule has 17 heavy (non-hydrogen) atoms. The Hall–Kier alpha value is -0.610. The van der Waals surface area contributed by atoms with Crippen molar-refractivity contribution in [2.75, 3.05) is 20.2 Å². The van der Waals surface area contributed by atoms with Crippen LogP contribution in [0.1, 0.15) is 40.0 Å². The lowest BCUT2D eigenvalue weighted by Crippen LogP contribution is -2.55. The van der Waals surface area contributed by atoms with Crippen molar-refractivity contribution in [3.63, 3.8) is 0 Å². The number of methoxy groups -OCH3 is 1. The number of nitrogens with zero attached hydrogens (tertiary/aromatic N) is 1. The Kier molecular flexibility index (Phi) is 4.95. The molecular formula is C13H26N2O2. The first kappa shape index (κ1) is 14.5. The SMILES string of the molecule is CCC1CN(C(=O)C(C)(CC)OC)CCC1N. The predicted molar refractivity (Wildman–Crippen MR) is 68.7 cm³/mol. The third-order valence-electron chi connectivity index (χ3n) is 4.18. The van der Waals surface area contributed by atoms with E-state index in [0.717, 1.165) is 25.9 Å². The Morgan fingerprint density at radius 1 is 1.53 bits per heavy atom. The third-order valence-corrected chi connectivity index (χ3v) is 4.18. The van der Waals surface area contributed by atoms with E-state index in [0.29, 0.717) is 12.3 Å². The first-order chi connectivity index (χ1) is 7.98. The van der Waals surface area contributed by atoms with Gasteiger partial charge in [-0.2, -0.15) is 0 Å². The molecular weight excluding hydrogens is 216 g/mol. The van der Waals surface area contributed by atoms with E-state index in [4.69, 9.17) is 10.5 Å². The molecule has 1 amide bonds. The number of piperidine rings is 1. The average Bonchev–Trinajstić information content (AvgIpc) is 2.37. The molecule has 1 heterocycles. The summed E-state index contributed by atoms with van der Waals surface area (Å²) in [6.07, 6.45) is 2.62. The molecule has 0 aromatic rings. The van der Waals surface area contributed by atoms with Crippen LogP contribution in [0.5, 0.6) is 0 Å². The number of likely N-dealkylation sites (tertiary alicyclic amines) is 1. The van der Waals surface area contributed by atoms with Crippen LogP contribution in [0.2, 0.25) is 0 Å². The standard InChI is InChI=1S/C13H26N2O2/c1-5-10-9-15(8-7-11(10)14)12(16)13(3,6-2)17-4/h10-11H,5-9,14H2,1-4H3. The quantitative estimate of drug-likeness (QED) is 0.810. The second-order valence-electron chi connectivity index (χ2n) is 5.16. The zero-order chi connectivity index (χ0) is 13.1. The van der Waals surface area contributed by atoms with Gasteiger partial charge in [0.2, 0.25) is 0 Å². The molecule has 1 fully saturated rings. The van der Waals surface area contributed by atoms with E-state index in [1.54, 1.807) is 7.11 Å². The monoisotopic (exact) mass is 242 g/mol. The number of hydrogen-bond acceptors (Lipinski definition) is 3. The van der Waals surface area contributed by atoms with E-state index in [1.165, 1.54) is 0 Å². The number of amides is 1. The van der Waals surface area contributed by atoms with Gasteiger partial charge in [0.15, 0.2) is 0 Å². The van der Waals surface area contributed by atoms with Gasteiger partial charge in [-0.05, 0) is 25.7 Å². The summed E-state index contributed by atoms with van der Waals surface area (Å²) in [5, 5.41) is 0. The molecule has 100 valence electrons. The number of rotatable bonds is 4. The summed E-state index contributed by atoms with van der Waals surface area (Å²) in [4.78, 5) is 14.3. The highest BCUT2D eigenvalue weighted by Gasteiger charge is 2.38. The molecule has 0 aromatic heterocycles. The maximum Gasteiger partial charge on any atom is 0.254 e. The second kappa shape index (κ2) is 5.83. The molecule has 3 atom stereocenters. The van der Waals surface area contributed by atoms with Crippen molar-refractivity contribution in [2.24, 2.45) is 11.7 Å². The smallest absolute Gasteiger partial charge is 0.254 e. The van der Waals surface area contributed by atoms with Gasteiger partial charge in [0, 0.05) is 26.2 Å². The minimum absolute atomic E-state index is 0.104. The maximum atomic E-state index is 12.4. The molecule has 0 spiro atoms. The number of ether oxygens (including phenoxy) is 1. The molecule has 0 bridgehead atoms. The minimum Gasteiger partial charge on any atom is -0.369 e. The van der Waals surface area contributed by atoms with Gasteiger partial charge in [-0.3, -0.25) is 4.79 Å². The van der Waals surface area contributed by atoms with Gasteiger partial charge in [-0.25, -0.2) is 0 Å². The van der Waals surface area contributed by atoms with Gasteiger partial charge in [0.05, 0.1) is 0 Å². The first-order valence-electron chi connectivity index (χ1n) is 6.58. The lowest BCUT2D eigenvalue weighted by Gasteiger charge is -2.40. The Balaban J connectivity index is 2.70. The summed E-state index contributed by atoms with van der Waals surface area (Å²) in [7, 11) is 1.61. The van der Waals surface area contributed by atoms with Crippen molar-refractivity contribution in [1.29, 1.82) is 0 Å². The van der Waals surface area contributed by atoms with Gasteiger partial charge < -0.3 is 15.4 Å². The van der Waals surface area contributed by atoms with Gasteiger partial charge in [0.1, 0.15) is 5.60 Å². The average molecular weight is 242 g/mol. The molecule has 2 N–H and O–H groups in total. The summed E-state index contributed by atoms with van der Waals surface area (Å²) in [6.45, 7) is 7.51. The normalized spacial score (nSPS) is 28.9. The summed E-state index contributed by atoms with van der Waals surface area (Å²) in [5.74, 6) is 0.526. The van der Waals surface area contributed by atoms with Gasteiger partial charge in [-0.1, -0.05) is 20.3 Å². The lowest BCUT2D eigenvalue weighted by atomic mass is 9.89. The summed E-state index contributed by atoms with van der Waals surface area (Å²) in [5.41, 5.74) is 5.38. The molecule has 1 aliphatic rings. The van der Waals surface area contributed by atoms with Crippen LogP contribution in [0.4, 0.5) is 0 Å². The van der Waals surface area contributed by atoms with Crippen LogP contribution in [-0.2, 0) is 9.53 Å². The van der Waals surface area contributed by atoms with Crippen molar-refractivity contribution in [2.45, 2.75) is 51.7 Å². The fourth-order valence-electron chi connectivity index (χ4n) is 2.38. The van der Waals surface area contributed by atoms with Gasteiger partial charge in [-0.15, -0.1) is 0 Å². The Labute approximate surface area is 104 Å². The molecule has 0 saturated carbocycles. The van der Waals surface area contributed by atoms with E-state index in [1.807, 2.05) is 18.7 Å². The van der Waals surface area contributed by atoms with Crippen LogP contribution in [0.3, 0.4) is 0 Å². The number of nitrogens with two attached hydrogens (primary N) is 1. The second-order valence-corrected chi connectivity index (χ2v) is 5.16. The van der Waals surface area contributed by atoms with Crippen molar-refractivity contribution in [3.05, 3.63) is 0 Å². The van der Waals surface area contributed by atoms with Crippen LogP contribution < -0.4 is 5.73 Å². The van der Waals surface area contributed by atoms with Crippen LogP contribution in [0, 0.1) is 5.92 Å². The Bertz CT molecular complexity index is 264.